The van der Waals surface area contributed by atoms with E-state index >= 15 is 0 Å². The van der Waals surface area contributed by atoms with Gasteiger partial charge in [0, 0.05) is 13.0 Å². The highest BCUT2D eigenvalue weighted by Gasteiger charge is 2.03. The quantitative estimate of drug-likeness (QED) is 0.491. The minimum atomic E-state index is -2.31. The average molecular weight is 146 g/mol. The molecule has 0 aromatic rings. The van der Waals surface area contributed by atoms with Gasteiger partial charge in [0.05, 0.1) is 0 Å². The van der Waals surface area contributed by atoms with Crippen LogP contribution in [-0.2, 0) is 10.5 Å². The van der Waals surface area contributed by atoms with E-state index in [0.717, 1.165) is 13.0 Å². The zero-order valence-corrected chi connectivity index (χ0v) is 5.56. The minimum absolute atomic E-state index is 0.461. The number of hydrogen-bond acceptors (Lipinski definition) is 4. The molecular formula is C4H6N2O2S. The Hall–Kier alpha value is -0.710. The fraction of sp³-hybridized carbons (Fsp3) is 0.750. The summed E-state index contributed by atoms with van der Waals surface area (Å²) < 4.78 is 23.1. The molecule has 0 unspecified atom stereocenters. The molecule has 4 nitrogen and oxygen atoms in total. The van der Waals surface area contributed by atoms with Crippen LogP contribution in [0.25, 0.3) is 0 Å². The number of hydrogen-bond donors (Lipinski definition) is 0. The second kappa shape index (κ2) is 2.72. The Kier molecular flexibility index (Phi) is 1.94. The maximum absolute atomic E-state index is 9.91. The lowest BCUT2D eigenvalue weighted by Crippen LogP contribution is -1.83. The van der Waals surface area contributed by atoms with Crippen molar-refractivity contribution >= 4 is 16.3 Å². The van der Waals surface area contributed by atoms with Crippen LogP contribution in [0.15, 0.2) is 9.36 Å². The number of rotatable bonds is 0. The molecule has 0 spiro atoms. The first-order valence-corrected chi connectivity index (χ1v) is 3.66. The van der Waals surface area contributed by atoms with Gasteiger partial charge in [-0.05, 0) is 6.42 Å². The molecule has 0 aromatic heterocycles. The van der Waals surface area contributed by atoms with Crippen molar-refractivity contribution in [1.29, 1.82) is 0 Å². The second-order valence-corrected chi connectivity index (χ2v) is 2.33. The van der Waals surface area contributed by atoms with Gasteiger partial charge in [0.25, 0.3) is 0 Å². The van der Waals surface area contributed by atoms with Gasteiger partial charge in [-0.15, -0.1) is 4.36 Å². The molecule has 0 saturated carbocycles. The average Bonchev–Trinajstić information content (AvgIpc) is 2.15. The lowest BCUT2D eigenvalue weighted by atomic mass is 10.3. The molecule has 9 heavy (non-hydrogen) atoms. The van der Waals surface area contributed by atoms with E-state index in [0.29, 0.717) is 12.3 Å². The van der Waals surface area contributed by atoms with Crippen LogP contribution < -0.4 is 0 Å². The Labute approximate surface area is 54.3 Å². The van der Waals surface area contributed by atoms with Gasteiger partial charge >= 0.3 is 10.5 Å². The van der Waals surface area contributed by atoms with Gasteiger partial charge in [-0.2, -0.15) is 8.42 Å². The topological polar surface area (TPSA) is 58.9 Å². The Morgan fingerprint density at radius 1 is 1.56 bits per heavy atom. The summed E-state index contributed by atoms with van der Waals surface area (Å²) >= 11 is 0. The smallest absolute Gasteiger partial charge is 0.269 e. The highest BCUT2D eigenvalue weighted by Crippen LogP contribution is 2.03. The van der Waals surface area contributed by atoms with Crippen molar-refractivity contribution in [2.75, 3.05) is 6.54 Å². The molecule has 0 atom stereocenters. The molecule has 1 rings (SSSR count). The molecule has 0 amide bonds. The SMILES string of the molecule is O=S(=O)=NC1=NCCC1. The van der Waals surface area contributed by atoms with Gasteiger partial charge in [-0.1, -0.05) is 0 Å². The van der Waals surface area contributed by atoms with Crippen molar-refractivity contribution < 1.29 is 8.42 Å². The van der Waals surface area contributed by atoms with Crippen LogP contribution in [-0.4, -0.2) is 20.8 Å². The van der Waals surface area contributed by atoms with Crippen molar-refractivity contribution in [1.82, 2.24) is 0 Å². The predicted molar refractivity (Wildman–Crippen MR) is 32.9 cm³/mol. The van der Waals surface area contributed by atoms with Crippen molar-refractivity contribution in [2.45, 2.75) is 12.8 Å². The summed E-state index contributed by atoms with van der Waals surface area (Å²) in [6, 6.07) is 0. The van der Waals surface area contributed by atoms with E-state index in [1.165, 1.54) is 0 Å². The van der Waals surface area contributed by atoms with Crippen LogP contribution in [0.3, 0.4) is 0 Å². The Morgan fingerprint density at radius 2 is 2.33 bits per heavy atom. The maximum atomic E-state index is 9.91. The van der Waals surface area contributed by atoms with Gasteiger partial charge in [0.1, 0.15) is 5.84 Å². The fourth-order valence-electron chi connectivity index (χ4n) is 0.685. The number of aliphatic imine (C=N–C) groups is 1. The van der Waals surface area contributed by atoms with E-state index < -0.39 is 10.5 Å². The van der Waals surface area contributed by atoms with Crippen LogP contribution >= 0.6 is 0 Å². The van der Waals surface area contributed by atoms with Crippen molar-refractivity contribution in [3.05, 3.63) is 0 Å². The number of nitrogens with zero attached hydrogens (tertiary/aromatic N) is 2. The predicted octanol–water partition coefficient (Wildman–Crippen LogP) is 0.241. The van der Waals surface area contributed by atoms with Crippen molar-refractivity contribution in [2.24, 2.45) is 9.36 Å². The summed E-state index contributed by atoms with van der Waals surface area (Å²) in [6.45, 7) is 0.718. The lowest BCUT2D eigenvalue weighted by molar-refractivity contribution is 0.623. The van der Waals surface area contributed by atoms with Gasteiger partial charge in [-0.25, -0.2) is 0 Å². The van der Waals surface area contributed by atoms with E-state index in [1.54, 1.807) is 0 Å². The van der Waals surface area contributed by atoms with E-state index in [-0.39, 0.29) is 0 Å². The van der Waals surface area contributed by atoms with E-state index in [4.69, 9.17) is 0 Å². The van der Waals surface area contributed by atoms with Gasteiger partial charge < -0.3 is 0 Å². The van der Waals surface area contributed by atoms with Crippen molar-refractivity contribution in [3.8, 4) is 0 Å². The molecule has 50 valence electrons. The third-order valence-corrected chi connectivity index (χ3v) is 1.39. The molecule has 0 fully saturated rings. The molecule has 0 saturated heterocycles. The summed E-state index contributed by atoms with van der Waals surface area (Å²) in [5, 5.41) is 0. The fourth-order valence-corrected chi connectivity index (χ4v) is 1.01. The van der Waals surface area contributed by atoms with E-state index in [1.807, 2.05) is 0 Å². The van der Waals surface area contributed by atoms with Crippen LogP contribution in [0, 0.1) is 0 Å². The monoisotopic (exact) mass is 146 g/mol. The van der Waals surface area contributed by atoms with E-state index in [9.17, 15) is 8.42 Å². The first-order valence-electron chi connectivity index (χ1n) is 2.63. The van der Waals surface area contributed by atoms with Crippen LogP contribution in [0.4, 0.5) is 0 Å². The van der Waals surface area contributed by atoms with Gasteiger partial charge in [0.2, 0.25) is 0 Å². The summed E-state index contributed by atoms with van der Waals surface area (Å²) in [4.78, 5) is 3.83. The molecule has 0 radical (unpaired) electrons. The molecular weight excluding hydrogens is 140 g/mol. The summed E-state index contributed by atoms with van der Waals surface area (Å²) in [5.41, 5.74) is 0. The molecule has 0 N–H and O–H groups in total. The largest absolute Gasteiger partial charge is 0.317 e. The number of amidine groups is 1. The Morgan fingerprint density at radius 3 is 2.78 bits per heavy atom. The molecule has 0 bridgehead atoms. The summed E-state index contributed by atoms with van der Waals surface area (Å²) in [7, 11) is -2.31. The molecule has 1 aliphatic rings. The first-order chi connectivity index (χ1) is 4.29. The highest BCUT2D eigenvalue weighted by molar-refractivity contribution is 7.62. The van der Waals surface area contributed by atoms with Crippen LogP contribution in [0.2, 0.25) is 0 Å². The maximum Gasteiger partial charge on any atom is 0.317 e. The summed E-state index contributed by atoms with van der Waals surface area (Å²) in [5.74, 6) is 0.461. The minimum Gasteiger partial charge on any atom is -0.269 e. The zero-order chi connectivity index (χ0) is 6.69. The third kappa shape index (κ3) is 1.93. The third-order valence-electron chi connectivity index (χ3n) is 1.03. The lowest BCUT2D eigenvalue weighted by Gasteiger charge is -1.77. The molecule has 0 aromatic carbocycles. The summed E-state index contributed by atoms with van der Waals surface area (Å²) in [6.07, 6.45) is 1.63. The van der Waals surface area contributed by atoms with Crippen molar-refractivity contribution in [3.63, 3.8) is 0 Å². The molecule has 1 heterocycles. The Bertz CT molecular complexity index is 244. The Balaban J connectivity index is 2.75. The molecule has 0 aliphatic carbocycles. The zero-order valence-electron chi connectivity index (χ0n) is 4.74. The highest BCUT2D eigenvalue weighted by atomic mass is 32.2. The molecule has 1 aliphatic heterocycles. The van der Waals surface area contributed by atoms with Crippen LogP contribution in [0.1, 0.15) is 12.8 Å². The normalized spacial score (nSPS) is 17.1. The standard InChI is InChI=1S/C4H6N2O2S/c7-9(8)6-4-2-1-3-5-4/h1-3H2. The van der Waals surface area contributed by atoms with Gasteiger partial charge in [-0.3, -0.25) is 4.99 Å². The molecule has 5 heteroatoms. The first kappa shape index (κ1) is 6.41. The second-order valence-electron chi connectivity index (χ2n) is 1.71. The van der Waals surface area contributed by atoms with Crippen LogP contribution in [0.5, 0.6) is 0 Å². The van der Waals surface area contributed by atoms with E-state index in [2.05, 4.69) is 9.36 Å². The van der Waals surface area contributed by atoms with Gasteiger partial charge in [0.15, 0.2) is 0 Å².